The Balaban J connectivity index is 1.58. The van der Waals surface area contributed by atoms with Crippen molar-refractivity contribution in [1.82, 2.24) is 15.3 Å². The van der Waals surface area contributed by atoms with Gasteiger partial charge in [-0.25, -0.2) is 9.97 Å². The molecule has 2 aromatic rings. The topological polar surface area (TPSA) is 66.9 Å². The Kier molecular flexibility index (Phi) is 4.61. The highest BCUT2D eigenvalue weighted by molar-refractivity contribution is 9.10. The molecule has 0 spiro atoms. The smallest absolute Gasteiger partial charge is 0.270 e. The second-order valence-corrected chi connectivity index (χ2v) is 6.77. The Bertz CT molecular complexity index is 711. The summed E-state index contributed by atoms with van der Waals surface area (Å²) in [5, 5.41) is 5.93. The van der Waals surface area contributed by atoms with Gasteiger partial charge >= 0.3 is 0 Å². The van der Waals surface area contributed by atoms with E-state index in [1.54, 1.807) is 13.1 Å². The molecule has 1 aromatic heterocycles. The summed E-state index contributed by atoms with van der Waals surface area (Å²) in [5.74, 6) is 0.858. The molecule has 3 rings (SSSR count). The van der Waals surface area contributed by atoms with E-state index in [2.05, 4.69) is 60.8 Å². The molecule has 5 nitrogen and oxygen atoms in total. The van der Waals surface area contributed by atoms with Gasteiger partial charge in [-0.1, -0.05) is 28.1 Å². The number of nitrogens with one attached hydrogen (secondary N) is 2. The number of hydrogen-bond acceptors (Lipinski definition) is 4. The molecule has 0 saturated heterocycles. The van der Waals surface area contributed by atoms with Gasteiger partial charge in [0.1, 0.15) is 5.69 Å². The molecule has 1 fully saturated rings. The fourth-order valence-corrected chi connectivity index (χ4v) is 3.06. The standard InChI is InChI=1S/C17H19BrN4O/c1-10-7-15(22-17(19-2)20-10)16(23)21-14-8-12(9-14)11-3-5-13(18)6-4-11/h3-7,12,14H,8-9H2,1-2H3,(H,21,23)(H,19,20,22). The van der Waals surface area contributed by atoms with Crippen LogP contribution in [0.3, 0.4) is 0 Å². The van der Waals surface area contributed by atoms with Crippen LogP contribution in [0.5, 0.6) is 0 Å². The van der Waals surface area contributed by atoms with Crippen molar-refractivity contribution in [2.75, 3.05) is 12.4 Å². The lowest BCUT2D eigenvalue weighted by Gasteiger charge is -2.36. The number of aromatic nitrogens is 2. The van der Waals surface area contributed by atoms with Gasteiger partial charge in [0.15, 0.2) is 0 Å². The number of carbonyl (C=O) groups is 1. The van der Waals surface area contributed by atoms with Crippen LogP contribution >= 0.6 is 15.9 Å². The molecule has 0 aliphatic heterocycles. The number of amides is 1. The molecule has 1 aromatic carbocycles. The third-order valence-corrected chi connectivity index (χ3v) is 4.65. The lowest BCUT2D eigenvalue weighted by molar-refractivity contribution is 0.0903. The van der Waals surface area contributed by atoms with Crippen LogP contribution in [0.4, 0.5) is 5.95 Å². The van der Waals surface area contributed by atoms with E-state index in [4.69, 9.17) is 0 Å². The molecule has 120 valence electrons. The highest BCUT2D eigenvalue weighted by Gasteiger charge is 2.31. The van der Waals surface area contributed by atoms with Gasteiger partial charge in [-0.05, 0) is 49.4 Å². The van der Waals surface area contributed by atoms with Gasteiger partial charge < -0.3 is 10.6 Å². The second kappa shape index (κ2) is 6.66. The number of carbonyl (C=O) groups excluding carboxylic acids is 1. The van der Waals surface area contributed by atoms with E-state index in [0.29, 0.717) is 17.6 Å². The number of anilines is 1. The fraction of sp³-hybridized carbons (Fsp3) is 0.353. The van der Waals surface area contributed by atoms with Gasteiger partial charge in [0.25, 0.3) is 5.91 Å². The van der Waals surface area contributed by atoms with Crippen molar-refractivity contribution >= 4 is 27.8 Å². The van der Waals surface area contributed by atoms with Gasteiger partial charge in [-0.3, -0.25) is 4.79 Å². The van der Waals surface area contributed by atoms with Crippen LogP contribution in [0.25, 0.3) is 0 Å². The van der Waals surface area contributed by atoms with Gasteiger partial charge in [0, 0.05) is 23.3 Å². The van der Waals surface area contributed by atoms with Gasteiger partial charge in [-0.15, -0.1) is 0 Å². The average Bonchev–Trinajstić information content (AvgIpc) is 2.50. The Hall–Kier alpha value is -1.95. The summed E-state index contributed by atoms with van der Waals surface area (Å²) in [4.78, 5) is 20.7. The summed E-state index contributed by atoms with van der Waals surface area (Å²) in [5.41, 5.74) is 2.51. The molecular formula is C17H19BrN4O. The SMILES string of the molecule is CNc1nc(C)cc(C(=O)NC2CC(c3ccc(Br)cc3)C2)n1. The first-order chi connectivity index (χ1) is 11.0. The first-order valence-electron chi connectivity index (χ1n) is 7.65. The zero-order valence-electron chi connectivity index (χ0n) is 13.1. The molecule has 23 heavy (non-hydrogen) atoms. The summed E-state index contributed by atoms with van der Waals surface area (Å²) in [6.45, 7) is 1.85. The lowest BCUT2D eigenvalue weighted by atomic mass is 9.76. The molecular weight excluding hydrogens is 356 g/mol. The minimum atomic E-state index is -0.133. The Morgan fingerprint density at radius 3 is 2.57 bits per heavy atom. The van der Waals surface area contributed by atoms with Crippen LogP contribution in [-0.2, 0) is 0 Å². The molecule has 2 N–H and O–H groups in total. The number of rotatable bonds is 4. The van der Waals surface area contributed by atoms with Crippen molar-refractivity contribution in [3.05, 3.63) is 51.8 Å². The summed E-state index contributed by atoms with van der Waals surface area (Å²) in [6.07, 6.45) is 1.94. The maximum absolute atomic E-state index is 12.3. The third kappa shape index (κ3) is 3.69. The summed E-state index contributed by atoms with van der Waals surface area (Å²) < 4.78 is 1.09. The number of aryl methyl sites for hydroxylation is 1. The zero-order chi connectivity index (χ0) is 16.4. The quantitative estimate of drug-likeness (QED) is 0.861. The van der Waals surface area contributed by atoms with Crippen molar-refractivity contribution in [2.24, 2.45) is 0 Å². The van der Waals surface area contributed by atoms with Crippen LogP contribution in [0.1, 0.15) is 40.5 Å². The number of benzene rings is 1. The molecule has 1 saturated carbocycles. The Labute approximate surface area is 144 Å². The molecule has 1 aliphatic rings. The number of halogens is 1. The normalized spacial score (nSPS) is 19.8. The van der Waals surface area contributed by atoms with E-state index in [1.165, 1.54) is 5.56 Å². The Morgan fingerprint density at radius 2 is 1.91 bits per heavy atom. The van der Waals surface area contributed by atoms with Crippen molar-refractivity contribution < 1.29 is 4.79 Å². The maximum Gasteiger partial charge on any atom is 0.270 e. The predicted octanol–water partition coefficient (Wildman–Crippen LogP) is 3.27. The van der Waals surface area contributed by atoms with Crippen LogP contribution in [0.2, 0.25) is 0 Å². The van der Waals surface area contributed by atoms with Gasteiger partial charge in [-0.2, -0.15) is 0 Å². The Morgan fingerprint density at radius 1 is 1.22 bits per heavy atom. The van der Waals surface area contributed by atoms with E-state index in [-0.39, 0.29) is 11.9 Å². The summed E-state index contributed by atoms with van der Waals surface area (Å²) >= 11 is 3.45. The first kappa shape index (κ1) is 15.9. The average molecular weight is 375 g/mol. The van der Waals surface area contributed by atoms with Gasteiger partial charge in [0.2, 0.25) is 5.95 Å². The molecule has 0 bridgehead atoms. The van der Waals surface area contributed by atoms with E-state index in [0.717, 1.165) is 23.0 Å². The number of hydrogen-bond donors (Lipinski definition) is 2. The number of nitrogens with zero attached hydrogens (tertiary/aromatic N) is 2. The maximum atomic E-state index is 12.3. The van der Waals surface area contributed by atoms with Crippen LogP contribution in [-0.4, -0.2) is 29.0 Å². The van der Waals surface area contributed by atoms with E-state index >= 15 is 0 Å². The fourth-order valence-electron chi connectivity index (χ4n) is 2.80. The van der Waals surface area contributed by atoms with Crippen LogP contribution in [0, 0.1) is 6.92 Å². The molecule has 1 heterocycles. The van der Waals surface area contributed by atoms with Crippen molar-refractivity contribution in [3.8, 4) is 0 Å². The minimum absolute atomic E-state index is 0.133. The van der Waals surface area contributed by atoms with Gasteiger partial charge in [0.05, 0.1) is 0 Å². The summed E-state index contributed by atoms with van der Waals surface area (Å²) in [7, 11) is 1.74. The molecule has 6 heteroatoms. The van der Waals surface area contributed by atoms with Crippen molar-refractivity contribution in [2.45, 2.75) is 31.7 Å². The van der Waals surface area contributed by atoms with Crippen molar-refractivity contribution in [3.63, 3.8) is 0 Å². The predicted molar refractivity (Wildman–Crippen MR) is 93.7 cm³/mol. The molecule has 0 unspecified atom stereocenters. The van der Waals surface area contributed by atoms with Crippen LogP contribution in [0.15, 0.2) is 34.8 Å². The molecule has 1 aliphatic carbocycles. The zero-order valence-corrected chi connectivity index (χ0v) is 14.7. The highest BCUT2D eigenvalue weighted by atomic mass is 79.9. The third-order valence-electron chi connectivity index (χ3n) is 4.13. The lowest BCUT2D eigenvalue weighted by Crippen LogP contribution is -2.43. The summed E-state index contributed by atoms with van der Waals surface area (Å²) in [6, 6.07) is 10.3. The molecule has 0 atom stereocenters. The van der Waals surface area contributed by atoms with E-state index < -0.39 is 0 Å². The second-order valence-electron chi connectivity index (χ2n) is 5.86. The largest absolute Gasteiger partial charge is 0.357 e. The van der Waals surface area contributed by atoms with E-state index in [9.17, 15) is 4.79 Å². The van der Waals surface area contributed by atoms with Crippen LogP contribution < -0.4 is 10.6 Å². The molecule has 1 amide bonds. The monoisotopic (exact) mass is 374 g/mol. The van der Waals surface area contributed by atoms with E-state index in [1.807, 2.05) is 6.92 Å². The first-order valence-corrected chi connectivity index (χ1v) is 8.44. The minimum Gasteiger partial charge on any atom is -0.357 e. The highest BCUT2D eigenvalue weighted by Crippen LogP contribution is 2.37. The molecule has 0 radical (unpaired) electrons. The van der Waals surface area contributed by atoms with Crippen molar-refractivity contribution in [1.29, 1.82) is 0 Å².